The summed E-state index contributed by atoms with van der Waals surface area (Å²) in [6, 6.07) is 14.2. The van der Waals surface area contributed by atoms with Crippen molar-refractivity contribution in [2.45, 2.75) is 13.5 Å². The number of benzene rings is 2. The van der Waals surface area contributed by atoms with Crippen molar-refractivity contribution in [1.82, 2.24) is 0 Å². The number of rotatable bonds is 5. The third-order valence-electron chi connectivity index (χ3n) is 3.76. The summed E-state index contributed by atoms with van der Waals surface area (Å²) in [6.07, 6.45) is 0. The molecular formula is C20H14BrFO4. The summed E-state index contributed by atoms with van der Waals surface area (Å²) in [7, 11) is 0. The molecule has 0 saturated carbocycles. The van der Waals surface area contributed by atoms with Gasteiger partial charge in [0, 0.05) is 21.2 Å². The van der Waals surface area contributed by atoms with Crippen LogP contribution in [0.25, 0.3) is 11.3 Å². The summed E-state index contributed by atoms with van der Waals surface area (Å²) in [4.78, 5) is 23.4. The van der Waals surface area contributed by atoms with E-state index in [0.717, 1.165) is 5.56 Å². The molecule has 6 heteroatoms. The molecule has 0 aliphatic carbocycles. The fourth-order valence-electron chi connectivity index (χ4n) is 2.33. The van der Waals surface area contributed by atoms with E-state index < -0.39 is 5.97 Å². The first-order valence-electron chi connectivity index (χ1n) is 7.76. The maximum absolute atomic E-state index is 13.1. The highest BCUT2D eigenvalue weighted by Crippen LogP contribution is 2.24. The van der Waals surface area contributed by atoms with Crippen LogP contribution in [0.5, 0.6) is 0 Å². The molecule has 2 aromatic carbocycles. The van der Waals surface area contributed by atoms with Gasteiger partial charge in [-0.3, -0.25) is 4.79 Å². The Kier molecular flexibility index (Phi) is 5.32. The van der Waals surface area contributed by atoms with Crippen molar-refractivity contribution < 1.29 is 23.1 Å². The molecule has 1 heterocycles. The van der Waals surface area contributed by atoms with Crippen LogP contribution in [0.3, 0.4) is 0 Å². The van der Waals surface area contributed by atoms with Gasteiger partial charge in [-0.05, 0) is 31.2 Å². The molecule has 0 radical (unpaired) electrons. The second-order valence-electron chi connectivity index (χ2n) is 5.61. The van der Waals surface area contributed by atoms with E-state index in [0.29, 0.717) is 21.4 Å². The van der Waals surface area contributed by atoms with Gasteiger partial charge in [-0.1, -0.05) is 46.3 Å². The number of hydrogen-bond acceptors (Lipinski definition) is 4. The van der Waals surface area contributed by atoms with Crippen LogP contribution in [0.1, 0.15) is 33.4 Å². The van der Waals surface area contributed by atoms with E-state index in [2.05, 4.69) is 15.9 Å². The summed E-state index contributed by atoms with van der Waals surface area (Å²) < 4.78 is 24.3. The first-order chi connectivity index (χ1) is 12.4. The number of esters is 1. The molecule has 0 aliphatic rings. The normalized spacial score (nSPS) is 10.6. The lowest BCUT2D eigenvalue weighted by Gasteiger charge is -2.05. The average molecular weight is 417 g/mol. The Labute approximate surface area is 157 Å². The minimum atomic E-state index is -0.618. The van der Waals surface area contributed by atoms with Gasteiger partial charge in [0.25, 0.3) is 0 Å². The van der Waals surface area contributed by atoms with Crippen molar-refractivity contribution in [3.05, 3.63) is 81.8 Å². The number of carbonyl (C=O) groups is 2. The molecule has 3 rings (SSSR count). The Morgan fingerprint density at radius 3 is 2.46 bits per heavy atom. The van der Waals surface area contributed by atoms with Crippen molar-refractivity contribution in [2.24, 2.45) is 0 Å². The monoisotopic (exact) mass is 416 g/mol. The van der Waals surface area contributed by atoms with Crippen LogP contribution in [0.2, 0.25) is 0 Å². The predicted molar refractivity (Wildman–Crippen MR) is 97.4 cm³/mol. The Morgan fingerprint density at radius 2 is 1.81 bits per heavy atom. The van der Waals surface area contributed by atoms with E-state index in [4.69, 9.17) is 9.15 Å². The van der Waals surface area contributed by atoms with Gasteiger partial charge in [-0.15, -0.1) is 0 Å². The van der Waals surface area contributed by atoms with Gasteiger partial charge >= 0.3 is 5.97 Å². The molecule has 0 amide bonds. The quantitative estimate of drug-likeness (QED) is 0.412. The molecule has 0 bridgehead atoms. The van der Waals surface area contributed by atoms with Gasteiger partial charge in [0.1, 0.15) is 18.2 Å². The summed E-state index contributed by atoms with van der Waals surface area (Å²) >= 11 is 3.23. The topological polar surface area (TPSA) is 56.5 Å². The first kappa shape index (κ1) is 18.1. The van der Waals surface area contributed by atoms with E-state index in [9.17, 15) is 14.0 Å². The maximum atomic E-state index is 13.1. The fraction of sp³-hybridized carbons (Fsp3) is 0.100. The predicted octanol–water partition coefficient (Wildman–Crippen LogP) is 5.41. The molecule has 0 saturated heterocycles. The Morgan fingerprint density at radius 1 is 1.08 bits per heavy atom. The number of ether oxygens (including phenoxy) is 1. The summed E-state index contributed by atoms with van der Waals surface area (Å²) in [5.74, 6) is -0.456. The molecule has 0 atom stereocenters. The molecule has 3 aromatic rings. The zero-order valence-electron chi connectivity index (χ0n) is 13.8. The zero-order chi connectivity index (χ0) is 18.7. The largest absolute Gasteiger partial charge is 0.455 e. The van der Waals surface area contributed by atoms with Crippen LogP contribution in [0.15, 0.2) is 63.5 Å². The molecule has 0 N–H and O–H groups in total. The van der Waals surface area contributed by atoms with E-state index in [-0.39, 0.29) is 24.0 Å². The summed E-state index contributed by atoms with van der Waals surface area (Å²) in [5, 5.41) is 0. The number of carbonyl (C=O) groups excluding carboxylic acids is 2. The van der Waals surface area contributed by atoms with Crippen LogP contribution < -0.4 is 0 Å². The smallest absolute Gasteiger partial charge is 0.374 e. The SMILES string of the molecule is CC(=O)c1ccc(-c2ccc(C(=O)OCc3ccc(F)cc3Br)o2)cc1. The fourth-order valence-corrected chi connectivity index (χ4v) is 2.79. The lowest BCUT2D eigenvalue weighted by molar-refractivity contribution is 0.0436. The lowest BCUT2D eigenvalue weighted by atomic mass is 10.1. The highest BCUT2D eigenvalue weighted by Gasteiger charge is 2.15. The second kappa shape index (κ2) is 7.66. The molecule has 26 heavy (non-hydrogen) atoms. The van der Waals surface area contributed by atoms with Gasteiger partial charge in [0.15, 0.2) is 5.78 Å². The lowest BCUT2D eigenvalue weighted by Crippen LogP contribution is -2.04. The number of Topliss-reactive ketones (excluding diaryl/α,β-unsaturated/α-hetero) is 1. The third-order valence-corrected chi connectivity index (χ3v) is 4.50. The summed E-state index contributed by atoms with van der Waals surface area (Å²) in [5.41, 5.74) is 1.99. The third kappa shape index (κ3) is 4.08. The summed E-state index contributed by atoms with van der Waals surface area (Å²) in [6.45, 7) is 1.48. The molecule has 132 valence electrons. The van der Waals surface area contributed by atoms with Gasteiger partial charge in [0.05, 0.1) is 0 Å². The van der Waals surface area contributed by atoms with Gasteiger partial charge in [-0.25, -0.2) is 9.18 Å². The van der Waals surface area contributed by atoms with Crippen molar-refractivity contribution in [3.8, 4) is 11.3 Å². The van der Waals surface area contributed by atoms with Crippen molar-refractivity contribution in [1.29, 1.82) is 0 Å². The average Bonchev–Trinajstić information content (AvgIpc) is 3.11. The van der Waals surface area contributed by atoms with E-state index in [1.54, 1.807) is 30.3 Å². The van der Waals surface area contributed by atoms with Crippen molar-refractivity contribution >= 4 is 27.7 Å². The van der Waals surface area contributed by atoms with Crippen molar-refractivity contribution in [3.63, 3.8) is 0 Å². The number of hydrogen-bond donors (Lipinski definition) is 0. The molecule has 0 unspecified atom stereocenters. The van der Waals surface area contributed by atoms with E-state index >= 15 is 0 Å². The standard InChI is InChI=1S/C20H14BrFO4/c1-12(23)13-2-4-14(5-3-13)18-8-9-19(26-18)20(24)25-11-15-6-7-16(22)10-17(15)21/h2-10H,11H2,1H3. The first-order valence-corrected chi connectivity index (χ1v) is 8.55. The van der Waals surface area contributed by atoms with E-state index in [1.165, 1.54) is 31.2 Å². The van der Waals surface area contributed by atoms with Gasteiger partial charge in [0.2, 0.25) is 5.76 Å². The molecule has 0 fully saturated rings. The molecule has 4 nitrogen and oxygen atoms in total. The Hall–Kier alpha value is -2.73. The maximum Gasteiger partial charge on any atom is 0.374 e. The highest BCUT2D eigenvalue weighted by atomic mass is 79.9. The van der Waals surface area contributed by atoms with Crippen LogP contribution in [-0.2, 0) is 11.3 Å². The van der Waals surface area contributed by atoms with Crippen LogP contribution in [0, 0.1) is 5.82 Å². The van der Waals surface area contributed by atoms with E-state index in [1.807, 2.05) is 0 Å². The van der Waals surface area contributed by atoms with Crippen LogP contribution in [0.4, 0.5) is 4.39 Å². The minimum Gasteiger partial charge on any atom is -0.455 e. The van der Waals surface area contributed by atoms with Crippen LogP contribution in [-0.4, -0.2) is 11.8 Å². The highest BCUT2D eigenvalue weighted by molar-refractivity contribution is 9.10. The number of ketones is 1. The minimum absolute atomic E-state index is 0.0109. The molecular weight excluding hydrogens is 403 g/mol. The molecule has 0 spiro atoms. The number of furan rings is 1. The van der Waals surface area contributed by atoms with Gasteiger partial charge in [-0.2, -0.15) is 0 Å². The zero-order valence-corrected chi connectivity index (χ0v) is 15.4. The molecule has 0 aliphatic heterocycles. The number of halogens is 2. The van der Waals surface area contributed by atoms with Gasteiger partial charge < -0.3 is 9.15 Å². The Balaban J connectivity index is 1.68. The van der Waals surface area contributed by atoms with Crippen LogP contribution >= 0.6 is 15.9 Å². The Bertz CT molecular complexity index is 960. The molecule has 1 aromatic heterocycles. The second-order valence-corrected chi connectivity index (χ2v) is 6.46. The van der Waals surface area contributed by atoms with Crippen molar-refractivity contribution in [2.75, 3.05) is 0 Å².